The number of carbonyl (C=O) groups is 1. The normalized spacial score (nSPS) is 14.2. The number of piperidine rings is 1. The van der Waals surface area contributed by atoms with Gasteiger partial charge in [0.25, 0.3) is 11.6 Å². The largest absolute Gasteiger partial charge is 0.366 e. The molecule has 2 aromatic carbocycles. The lowest BCUT2D eigenvalue weighted by Gasteiger charge is -2.28. The average Bonchev–Trinajstić information content (AvgIpc) is 2.65. The van der Waals surface area contributed by atoms with E-state index in [1.165, 1.54) is 6.07 Å². The maximum absolute atomic E-state index is 12.5. The highest BCUT2D eigenvalue weighted by Crippen LogP contribution is 2.31. The third-order valence-corrected chi connectivity index (χ3v) is 4.97. The van der Waals surface area contributed by atoms with Crippen molar-refractivity contribution in [1.29, 1.82) is 0 Å². The van der Waals surface area contributed by atoms with Crippen molar-refractivity contribution >= 4 is 34.6 Å². The second-order valence-corrected chi connectivity index (χ2v) is 6.83. The molecule has 0 aliphatic carbocycles. The molecule has 0 bridgehead atoms. The minimum atomic E-state index is -0.427. The van der Waals surface area contributed by atoms with Crippen LogP contribution in [0, 0.1) is 17.0 Å². The van der Waals surface area contributed by atoms with Gasteiger partial charge in [-0.2, -0.15) is 0 Å². The number of anilines is 2. The van der Waals surface area contributed by atoms with Gasteiger partial charge in [-0.1, -0.05) is 17.7 Å². The Hall–Kier alpha value is -2.60. The van der Waals surface area contributed by atoms with Gasteiger partial charge in [-0.3, -0.25) is 14.9 Å². The number of aryl methyl sites for hydroxylation is 1. The molecule has 0 atom stereocenters. The van der Waals surface area contributed by atoms with Crippen LogP contribution in [-0.4, -0.2) is 23.9 Å². The highest BCUT2D eigenvalue weighted by Gasteiger charge is 2.23. The van der Waals surface area contributed by atoms with Gasteiger partial charge in [-0.15, -0.1) is 0 Å². The van der Waals surface area contributed by atoms with Gasteiger partial charge >= 0.3 is 0 Å². The van der Waals surface area contributed by atoms with E-state index < -0.39 is 10.8 Å². The molecule has 1 saturated heterocycles. The van der Waals surface area contributed by atoms with Crippen molar-refractivity contribution in [1.82, 2.24) is 0 Å². The lowest BCUT2D eigenvalue weighted by molar-refractivity contribution is -0.384. The number of nitro groups is 1. The zero-order chi connectivity index (χ0) is 18.7. The van der Waals surface area contributed by atoms with Crippen molar-refractivity contribution in [3.63, 3.8) is 0 Å². The van der Waals surface area contributed by atoms with Gasteiger partial charge < -0.3 is 10.2 Å². The highest BCUT2D eigenvalue weighted by molar-refractivity contribution is 6.31. The van der Waals surface area contributed by atoms with Gasteiger partial charge in [0.2, 0.25) is 0 Å². The van der Waals surface area contributed by atoms with Crippen molar-refractivity contribution in [3.05, 3.63) is 62.7 Å². The summed E-state index contributed by atoms with van der Waals surface area (Å²) in [5.41, 5.74) is 2.24. The summed E-state index contributed by atoms with van der Waals surface area (Å²) in [5.74, 6) is -0.404. The fourth-order valence-corrected chi connectivity index (χ4v) is 3.27. The first-order chi connectivity index (χ1) is 12.5. The molecule has 26 heavy (non-hydrogen) atoms. The van der Waals surface area contributed by atoms with E-state index in [9.17, 15) is 14.9 Å². The predicted molar refractivity (Wildman–Crippen MR) is 103 cm³/mol. The molecule has 0 radical (unpaired) electrons. The van der Waals surface area contributed by atoms with Crippen LogP contribution in [0.15, 0.2) is 36.4 Å². The number of nitro benzene ring substituents is 1. The number of amides is 1. The van der Waals surface area contributed by atoms with Crippen LogP contribution in [0.5, 0.6) is 0 Å². The molecule has 6 nitrogen and oxygen atoms in total. The van der Waals surface area contributed by atoms with Crippen molar-refractivity contribution in [2.75, 3.05) is 23.3 Å². The number of halogens is 1. The number of hydrogen-bond acceptors (Lipinski definition) is 4. The van der Waals surface area contributed by atoms with Gasteiger partial charge in [-0.25, -0.2) is 0 Å². The molecule has 0 saturated carbocycles. The van der Waals surface area contributed by atoms with Gasteiger partial charge in [0.05, 0.1) is 4.92 Å². The Morgan fingerprint density at radius 1 is 1.15 bits per heavy atom. The van der Waals surface area contributed by atoms with Crippen molar-refractivity contribution in [2.24, 2.45) is 0 Å². The van der Waals surface area contributed by atoms with Crippen molar-refractivity contribution in [3.8, 4) is 0 Å². The van der Waals surface area contributed by atoms with Gasteiger partial charge in [0.15, 0.2) is 0 Å². The lowest BCUT2D eigenvalue weighted by Crippen LogP contribution is -2.30. The van der Waals surface area contributed by atoms with E-state index in [2.05, 4.69) is 5.32 Å². The standard InChI is InChI=1S/C19H20ClN3O3/c1-13-5-7-15(12-16(13)20)21-19(24)14-6-8-17(18(11-14)23(25)26)22-9-3-2-4-10-22/h5-8,11-12H,2-4,9-10H2,1H3,(H,21,24). The van der Waals surface area contributed by atoms with E-state index in [-0.39, 0.29) is 11.3 Å². The summed E-state index contributed by atoms with van der Waals surface area (Å²) in [4.78, 5) is 25.6. The van der Waals surface area contributed by atoms with Crippen LogP contribution < -0.4 is 10.2 Å². The molecule has 1 fully saturated rings. The van der Waals surface area contributed by atoms with Crippen LogP contribution in [-0.2, 0) is 0 Å². The maximum atomic E-state index is 12.5. The number of nitrogens with one attached hydrogen (secondary N) is 1. The minimum Gasteiger partial charge on any atom is -0.366 e. The third kappa shape index (κ3) is 3.96. The molecule has 136 valence electrons. The van der Waals surface area contributed by atoms with Crippen molar-refractivity contribution in [2.45, 2.75) is 26.2 Å². The van der Waals surface area contributed by atoms with E-state index in [4.69, 9.17) is 11.6 Å². The van der Waals surface area contributed by atoms with Gasteiger partial charge in [-0.05, 0) is 56.0 Å². The Kier molecular flexibility index (Phi) is 5.42. The molecular formula is C19H20ClN3O3. The van der Waals surface area contributed by atoms with Crippen LogP contribution in [0.4, 0.5) is 17.1 Å². The monoisotopic (exact) mass is 373 g/mol. The summed E-state index contributed by atoms with van der Waals surface area (Å²) in [6.45, 7) is 3.47. The van der Waals surface area contributed by atoms with E-state index in [0.717, 1.165) is 37.9 Å². The molecule has 2 aromatic rings. The Balaban J connectivity index is 1.85. The van der Waals surface area contributed by atoms with Crippen LogP contribution in [0.2, 0.25) is 5.02 Å². The van der Waals surface area contributed by atoms with E-state index in [1.807, 2.05) is 11.8 Å². The summed E-state index contributed by atoms with van der Waals surface area (Å²) < 4.78 is 0. The Morgan fingerprint density at radius 3 is 2.54 bits per heavy atom. The summed E-state index contributed by atoms with van der Waals surface area (Å²) in [5, 5.41) is 14.8. The lowest BCUT2D eigenvalue weighted by atomic mass is 10.1. The molecule has 0 unspecified atom stereocenters. The molecule has 1 N–H and O–H groups in total. The van der Waals surface area contributed by atoms with Crippen molar-refractivity contribution < 1.29 is 9.72 Å². The molecule has 1 heterocycles. The predicted octanol–water partition coefficient (Wildman–Crippen LogP) is 4.80. The maximum Gasteiger partial charge on any atom is 0.293 e. The number of benzene rings is 2. The zero-order valence-electron chi connectivity index (χ0n) is 14.5. The Bertz CT molecular complexity index is 848. The summed E-state index contributed by atoms with van der Waals surface area (Å²) in [6, 6.07) is 9.85. The summed E-state index contributed by atoms with van der Waals surface area (Å²) in [6.07, 6.45) is 3.19. The molecule has 1 aliphatic heterocycles. The third-order valence-electron chi connectivity index (χ3n) is 4.56. The number of rotatable bonds is 4. The van der Waals surface area contributed by atoms with Crippen LogP contribution >= 0.6 is 11.6 Å². The Labute approximate surface area is 156 Å². The fourth-order valence-electron chi connectivity index (χ4n) is 3.09. The quantitative estimate of drug-likeness (QED) is 0.617. The smallest absolute Gasteiger partial charge is 0.293 e. The first-order valence-electron chi connectivity index (χ1n) is 8.56. The van der Waals surface area contributed by atoms with Gasteiger partial charge in [0, 0.05) is 35.4 Å². The molecule has 0 aromatic heterocycles. The summed E-state index contributed by atoms with van der Waals surface area (Å²) >= 11 is 6.07. The van der Waals surface area contributed by atoms with Crippen LogP contribution in [0.3, 0.4) is 0 Å². The fraction of sp³-hybridized carbons (Fsp3) is 0.316. The van der Waals surface area contributed by atoms with Crippen LogP contribution in [0.25, 0.3) is 0 Å². The SMILES string of the molecule is Cc1ccc(NC(=O)c2ccc(N3CCCCC3)c([N+](=O)[O-])c2)cc1Cl. The molecule has 0 spiro atoms. The number of hydrogen-bond donors (Lipinski definition) is 1. The molecule has 3 rings (SSSR count). The minimum absolute atomic E-state index is 0.0403. The highest BCUT2D eigenvalue weighted by atomic mass is 35.5. The second-order valence-electron chi connectivity index (χ2n) is 6.43. The summed E-state index contributed by atoms with van der Waals surface area (Å²) in [7, 11) is 0. The molecule has 1 amide bonds. The first-order valence-corrected chi connectivity index (χ1v) is 8.94. The molecule has 1 aliphatic rings. The van der Waals surface area contributed by atoms with Gasteiger partial charge in [0.1, 0.15) is 5.69 Å². The second kappa shape index (κ2) is 7.74. The van der Waals surface area contributed by atoms with E-state index >= 15 is 0 Å². The Morgan fingerprint density at radius 2 is 1.88 bits per heavy atom. The first kappa shape index (κ1) is 18.2. The zero-order valence-corrected chi connectivity index (χ0v) is 15.3. The molecule has 7 heteroatoms. The topological polar surface area (TPSA) is 75.5 Å². The molecular weight excluding hydrogens is 354 g/mol. The van der Waals surface area contributed by atoms with E-state index in [1.54, 1.807) is 30.3 Å². The number of carbonyl (C=O) groups excluding carboxylic acids is 1. The van der Waals surface area contributed by atoms with Crippen LogP contribution in [0.1, 0.15) is 35.2 Å². The average molecular weight is 374 g/mol. The van der Waals surface area contributed by atoms with E-state index in [0.29, 0.717) is 16.4 Å². The number of nitrogens with zero attached hydrogens (tertiary/aromatic N) is 2.